The van der Waals surface area contributed by atoms with Gasteiger partial charge < -0.3 is 9.64 Å². The molecule has 2 aromatic rings. The van der Waals surface area contributed by atoms with Gasteiger partial charge >= 0.3 is 5.97 Å². The van der Waals surface area contributed by atoms with Crippen molar-refractivity contribution in [1.82, 2.24) is 9.88 Å². The van der Waals surface area contributed by atoms with E-state index in [4.69, 9.17) is 0 Å². The zero-order valence-corrected chi connectivity index (χ0v) is 11.7. The Morgan fingerprint density at radius 1 is 1.10 bits per heavy atom. The lowest BCUT2D eigenvalue weighted by Crippen LogP contribution is -2.36. The number of ether oxygens (including phenoxy) is 1. The van der Waals surface area contributed by atoms with Gasteiger partial charge in [-0.2, -0.15) is 0 Å². The summed E-state index contributed by atoms with van der Waals surface area (Å²) in [6, 6.07) is 14.6. The highest BCUT2D eigenvalue weighted by atomic mass is 16.5. The highest BCUT2D eigenvalue weighted by Crippen LogP contribution is 2.08. The Hall–Kier alpha value is -2.69. The first-order chi connectivity index (χ1) is 10.2. The number of hydrogen-bond donors (Lipinski definition) is 0. The third-order valence-electron chi connectivity index (χ3n) is 2.94. The van der Waals surface area contributed by atoms with Gasteiger partial charge in [0.1, 0.15) is 12.2 Å². The second kappa shape index (κ2) is 7.19. The predicted molar refractivity (Wildman–Crippen MR) is 77.4 cm³/mol. The van der Waals surface area contributed by atoms with Crippen LogP contribution in [-0.2, 0) is 16.1 Å². The number of pyridine rings is 1. The number of amides is 1. The molecule has 0 bridgehead atoms. The van der Waals surface area contributed by atoms with Crippen LogP contribution in [0.3, 0.4) is 0 Å². The van der Waals surface area contributed by atoms with Gasteiger partial charge in [0.15, 0.2) is 0 Å². The summed E-state index contributed by atoms with van der Waals surface area (Å²) in [5, 5.41) is 0. The van der Waals surface area contributed by atoms with Gasteiger partial charge in [0.25, 0.3) is 5.91 Å². The number of benzene rings is 1. The fourth-order valence-electron chi connectivity index (χ4n) is 1.87. The monoisotopic (exact) mass is 284 g/mol. The molecular formula is C16H16N2O3. The topological polar surface area (TPSA) is 59.5 Å². The molecule has 0 unspecified atom stereocenters. The van der Waals surface area contributed by atoms with Crippen LogP contribution in [0.5, 0.6) is 0 Å². The van der Waals surface area contributed by atoms with Crippen molar-refractivity contribution in [2.75, 3.05) is 13.7 Å². The number of rotatable bonds is 5. The fourth-order valence-corrected chi connectivity index (χ4v) is 1.87. The molecule has 0 radical (unpaired) electrons. The minimum atomic E-state index is -0.463. The summed E-state index contributed by atoms with van der Waals surface area (Å²) in [5.41, 5.74) is 1.24. The van der Waals surface area contributed by atoms with Gasteiger partial charge in [0.05, 0.1) is 7.11 Å². The molecule has 1 aromatic carbocycles. The molecule has 0 aliphatic carbocycles. The highest BCUT2D eigenvalue weighted by molar-refractivity contribution is 5.94. The molecule has 0 aliphatic rings. The van der Waals surface area contributed by atoms with Crippen LogP contribution in [0.25, 0.3) is 0 Å². The minimum Gasteiger partial charge on any atom is -0.468 e. The summed E-state index contributed by atoms with van der Waals surface area (Å²) in [6.07, 6.45) is 1.55. The number of nitrogens with zero attached hydrogens (tertiary/aromatic N) is 2. The lowest BCUT2D eigenvalue weighted by Gasteiger charge is -2.21. The summed E-state index contributed by atoms with van der Waals surface area (Å²) < 4.78 is 4.65. The van der Waals surface area contributed by atoms with Gasteiger partial charge in [-0.05, 0) is 17.7 Å². The Labute approximate surface area is 123 Å². The second-order valence-electron chi connectivity index (χ2n) is 4.44. The molecule has 21 heavy (non-hydrogen) atoms. The van der Waals surface area contributed by atoms with Crippen molar-refractivity contribution in [2.45, 2.75) is 6.54 Å². The SMILES string of the molecule is COC(=O)CN(Cc1ccccc1)C(=O)c1ccccn1. The van der Waals surface area contributed by atoms with Crippen molar-refractivity contribution in [3.05, 3.63) is 66.0 Å². The summed E-state index contributed by atoms with van der Waals surface area (Å²) in [5.74, 6) is -0.764. The van der Waals surface area contributed by atoms with Gasteiger partial charge in [-0.3, -0.25) is 14.6 Å². The summed E-state index contributed by atoms with van der Waals surface area (Å²) in [4.78, 5) is 29.4. The van der Waals surface area contributed by atoms with Crippen LogP contribution in [0, 0.1) is 0 Å². The zero-order chi connectivity index (χ0) is 15.1. The van der Waals surface area contributed by atoms with E-state index in [1.807, 2.05) is 30.3 Å². The van der Waals surface area contributed by atoms with Crippen LogP contribution < -0.4 is 0 Å². The Morgan fingerprint density at radius 3 is 2.43 bits per heavy atom. The van der Waals surface area contributed by atoms with Crippen molar-refractivity contribution in [3.8, 4) is 0 Å². The molecule has 5 heteroatoms. The van der Waals surface area contributed by atoms with E-state index in [0.717, 1.165) is 5.56 Å². The maximum Gasteiger partial charge on any atom is 0.325 e. The number of aromatic nitrogens is 1. The van der Waals surface area contributed by atoms with Crippen molar-refractivity contribution in [1.29, 1.82) is 0 Å². The molecule has 0 fully saturated rings. The average molecular weight is 284 g/mol. The smallest absolute Gasteiger partial charge is 0.325 e. The van der Waals surface area contributed by atoms with E-state index in [2.05, 4.69) is 9.72 Å². The number of hydrogen-bond acceptors (Lipinski definition) is 4. The summed E-state index contributed by atoms with van der Waals surface area (Å²) in [6.45, 7) is 0.214. The van der Waals surface area contributed by atoms with Crippen molar-refractivity contribution in [3.63, 3.8) is 0 Å². The Balaban J connectivity index is 2.19. The molecule has 1 heterocycles. The van der Waals surface area contributed by atoms with Gasteiger partial charge in [-0.25, -0.2) is 0 Å². The van der Waals surface area contributed by atoms with Crippen molar-refractivity contribution in [2.24, 2.45) is 0 Å². The lowest BCUT2D eigenvalue weighted by molar-refractivity contribution is -0.141. The highest BCUT2D eigenvalue weighted by Gasteiger charge is 2.20. The van der Waals surface area contributed by atoms with E-state index in [1.54, 1.807) is 24.4 Å². The number of methoxy groups -OCH3 is 1. The van der Waals surface area contributed by atoms with E-state index in [1.165, 1.54) is 12.0 Å². The van der Waals surface area contributed by atoms with Crippen molar-refractivity contribution < 1.29 is 14.3 Å². The molecule has 108 valence electrons. The Bertz CT molecular complexity index is 599. The molecule has 0 spiro atoms. The van der Waals surface area contributed by atoms with E-state index < -0.39 is 5.97 Å². The third kappa shape index (κ3) is 4.14. The zero-order valence-electron chi connectivity index (χ0n) is 11.7. The number of esters is 1. The number of carbonyl (C=O) groups excluding carboxylic acids is 2. The maximum absolute atomic E-state index is 12.5. The van der Waals surface area contributed by atoms with E-state index in [-0.39, 0.29) is 12.5 Å². The molecule has 1 aromatic heterocycles. The minimum absolute atomic E-state index is 0.110. The summed E-state index contributed by atoms with van der Waals surface area (Å²) in [7, 11) is 1.30. The van der Waals surface area contributed by atoms with Crippen LogP contribution in [0.1, 0.15) is 16.1 Å². The Kier molecular flexibility index (Phi) is 5.04. The molecule has 0 saturated carbocycles. The Morgan fingerprint density at radius 2 is 1.81 bits per heavy atom. The van der Waals surface area contributed by atoms with Crippen LogP contribution in [0.4, 0.5) is 0 Å². The second-order valence-corrected chi connectivity index (χ2v) is 4.44. The van der Waals surface area contributed by atoms with Crippen LogP contribution in [0.15, 0.2) is 54.7 Å². The van der Waals surface area contributed by atoms with Gasteiger partial charge in [0.2, 0.25) is 0 Å². The van der Waals surface area contributed by atoms with Gasteiger partial charge in [0, 0.05) is 12.7 Å². The van der Waals surface area contributed by atoms with Crippen molar-refractivity contribution >= 4 is 11.9 Å². The molecule has 0 saturated heterocycles. The standard InChI is InChI=1S/C16H16N2O3/c1-21-15(19)12-18(11-13-7-3-2-4-8-13)16(20)14-9-5-6-10-17-14/h2-10H,11-12H2,1H3. The van der Waals surface area contributed by atoms with Crippen LogP contribution in [0.2, 0.25) is 0 Å². The molecule has 5 nitrogen and oxygen atoms in total. The van der Waals surface area contributed by atoms with Crippen LogP contribution in [-0.4, -0.2) is 35.4 Å². The first-order valence-electron chi connectivity index (χ1n) is 6.51. The lowest BCUT2D eigenvalue weighted by atomic mass is 10.2. The van der Waals surface area contributed by atoms with Gasteiger partial charge in [-0.15, -0.1) is 0 Å². The molecule has 0 aliphatic heterocycles. The largest absolute Gasteiger partial charge is 0.468 e. The molecular weight excluding hydrogens is 268 g/mol. The maximum atomic E-state index is 12.5. The molecule has 2 rings (SSSR count). The van der Waals surface area contributed by atoms with E-state index in [9.17, 15) is 9.59 Å². The number of carbonyl (C=O) groups is 2. The predicted octanol–water partition coefficient (Wildman–Crippen LogP) is 1.90. The van der Waals surface area contributed by atoms with E-state index in [0.29, 0.717) is 12.2 Å². The van der Waals surface area contributed by atoms with Crippen LogP contribution >= 0.6 is 0 Å². The third-order valence-corrected chi connectivity index (χ3v) is 2.94. The molecule has 1 amide bonds. The van der Waals surface area contributed by atoms with E-state index >= 15 is 0 Å². The van der Waals surface area contributed by atoms with Gasteiger partial charge in [-0.1, -0.05) is 36.4 Å². The average Bonchev–Trinajstić information content (AvgIpc) is 2.55. The summed E-state index contributed by atoms with van der Waals surface area (Å²) >= 11 is 0. The molecule has 0 N–H and O–H groups in total. The fraction of sp³-hybridized carbons (Fsp3) is 0.188. The molecule has 0 atom stereocenters. The first-order valence-corrected chi connectivity index (χ1v) is 6.51. The normalized spacial score (nSPS) is 9.95. The quantitative estimate of drug-likeness (QED) is 0.787. The first kappa shape index (κ1) is 14.7.